The van der Waals surface area contributed by atoms with Crippen LogP contribution in [0.4, 0.5) is 0 Å². The number of aliphatic hydroxyl groups excluding tert-OH is 1. The van der Waals surface area contributed by atoms with Crippen LogP contribution in [0.5, 0.6) is 0 Å². The van der Waals surface area contributed by atoms with Crippen LogP contribution in [0.2, 0.25) is 0 Å². The van der Waals surface area contributed by atoms with E-state index < -0.39 is 5.54 Å². The summed E-state index contributed by atoms with van der Waals surface area (Å²) in [5.41, 5.74) is 9.40. The summed E-state index contributed by atoms with van der Waals surface area (Å²) >= 11 is 0. The SMILES string of the molecule is N[C@]1(CO)CC[C@@H](c2ccc(CC(=O)CCCc3ccccc3)cc2)C1. The molecule has 2 aromatic carbocycles. The van der Waals surface area contributed by atoms with Gasteiger partial charge in [0.15, 0.2) is 0 Å². The largest absolute Gasteiger partial charge is 0.394 e. The Bertz CT molecular complexity index is 711. The van der Waals surface area contributed by atoms with E-state index in [1.54, 1.807) is 0 Å². The number of ketones is 1. The van der Waals surface area contributed by atoms with Gasteiger partial charge < -0.3 is 10.8 Å². The Morgan fingerprint density at radius 2 is 1.81 bits per heavy atom. The van der Waals surface area contributed by atoms with Gasteiger partial charge in [-0.05, 0) is 54.7 Å². The predicted molar refractivity (Wildman–Crippen MR) is 105 cm³/mol. The minimum atomic E-state index is -0.419. The van der Waals surface area contributed by atoms with Gasteiger partial charge in [0.25, 0.3) is 0 Å². The molecular weight excluding hydrogens is 322 g/mol. The number of benzene rings is 2. The fourth-order valence-corrected chi connectivity index (χ4v) is 3.94. The lowest BCUT2D eigenvalue weighted by Gasteiger charge is -2.20. The molecule has 138 valence electrons. The van der Waals surface area contributed by atoms with Crippen molar-refractivity contribution in [3.05, 3.63) is 71.3 Å². The monoisotopic (exact) mass is 351 g/mol. The lowest BCUT2D eigenvalue weighted by Crippen LogP contribution is -2.40. The van der Waals surface area contributed by atoms with Crippen molar-refractivity contribution in [3.8, 4) is 0 Å². The number of aryl methyl sites for hydroxylation is 1. The number of nitrogens with two attached hydrogens (primary N) is 1. The van der Waals surface area contributed by atoms with Crippen molar-refractivity contribution < 1.29 is 9.90 Å². The fraction of sp³-hybridized carbons (Fsp3) is 0.435. The van der Waals surface area contributed by atoms with Gasteiger partial charge in [0.2, 0.25) is 0 Å². The van der Waals surface area contributed by atoms with Gasteiger partial charge in [-0.3, -0.25) is 4.79 Å². The Balaban J connectivity index is 1.46. The standard InChI is InChI=1S/C23H29NO2/c24-23(17-25)14-13-21(16-23)20-11-9-19(10-12-20)15-22(26)8-4-7-18-5-2-1-3-6-18/h1-3,5-6,9-12,21,25H,4,7-8,13-17,24H2/t21-,23-/m1/s1. The molecule has 0 heterocycles. The normalized spacial score (nSPS) is 22.5. The van der Waals surface area contributed by atoms with Gasteiger partial charge in [-0.25, -0.2) is 0 Å². The second kappa shape index (κ2) is 8.61. The Hall–Kier alpha value is -1.97. The lowest BCUT2D eigenvalue weighted by molar-refractivity contribution is -0.118. The van der Waals surface area contributed by atoms with Gasteiger partial charge in [-0.2, -0.15) is 0 Å². The molecule has 0 saturated heterocycles. The fourth-order valence-electron chi connectivity index (χ4n) is 3.94. The van der Waals surface area contributed by atoms with Crippen LogP contribution in [0.1, 0.15) is 54.7 Å². The third-order valence-corrected chi connectivity index (χ3v) is 5.57. The van der Waals surface area contributed by atoms with Gasteiger partial charge in [-0.1, -0.05) is 54.6 Å². The van der Waals surface area contributed by atoms with E-state index in [1.165, 1.54) is 11.1 Å². The van der Waals surface area contributed by atoms with Gasteiger partial charge >= 0.3 is 0 Å². The van der Waals surface area contributed by atoms with Crippen LogP contribution < -0.4 is 5.73 Å². The molecule has 3 N–H and O–H groups in total. The number of rotatable bonds is 8. The van der Waals surface area contributed by atoms with E-state index >= 15 is 0 Å². The average molecular weight is 351 g/mol. The first kappa shape index (κ1) is 18.8. The Kier molecular flexibility index (Phi) is 6.23. The van der Waals surface area contributed by atoms with Crippen molar-refractivity contribution in [2.45, 2.75) is 56.4 Å². The number of carbonyl (C=O) groups excluding carboxylic acids is 1. The quantitative estimate of drug-likeness (QED) is 0.761. The number of Topliss-reactive ketones (excluding diaryl/α,β-unsaturated/α-hetero) is 1. The molecule has 1 saturated carbocycles. The van der Waals surface area contributed by atoms with Crippen molar-refractivity contribution in [1.82, 2.24) is 0 Å². The molecule has 1 fully saturated rings. The molecular formula is C23H29NO2. The first-order valence-corrected chi connectivity index (χ1v) is 9.62. The van der Waals surface area contributed by atoms with Crippen molar-refractivity contribution >= 4 is 5.78 Å². The third kappa shape index (κ3) is 5.03. The minimum Gasteiger partial charge on any atom is -0.394 e. The van der Waals surface area contributed by atoms with E-state index in [2.05, 4.69) is 36.4 Å². The summed E-state index contributed by atoms with van der Waals surface area (Å²) in [5.74, 6) is 0.721. The molecule has 0 amide bonds. The zero-order valence-electron chi connectivity index (χ0n) is 15.4. The maximum Gasteiger partial charge on any atom is 0.137 e. The second-order valence-corrected chi connectivity index (χ2v) is 7.76. The van der Waals surface area contributed by atoms with Crippen molar-refractivity contribution in [2.24, 2.45) is 5.73 Å². The van der Waals surface area contributed by atoms with Crippen LogP contribution in [0.15, 0.2) is 54.6 Å². The molecule has 0 aliphatic heterocycles. The second-order valence-electron chi connectivity index (χ2n) is 7.76. The van der Waals surface area contributed by atoms with Crippen molar-refractivity contribution in [1.29, 1.82) is 0 Å². The maximum absolute atomic E-state index is 12.2. The predicted octanol–water partition coefficient (Wildman–Crippen LogP) is 3.78. The van der Waals surface area contributed by atoms with Crippen LogP contribution >= 0.6 is 0 Å². The zero-order chi connectivity index (χ0) is 18.4. The molecule has 2 aromatic rings. The lowest BCUT2D eigenvalue weighted by atomic mass is 9.92. The molecule has 2 atom stereocenters. The number of carbonyl (C=O) groups is 1. The summed E-state index contributed by atoms with van der Waals surface area (Å²) in [6.07, 6.45) is 5.73. The third-order valence-electron chi connectivity index (χ3n) is 5.57. The summed E-state index contributed by atoms with van der Waals surface area (Å²) in [6.45, 7) is 0.0546. The van der Waals surface area contributed by atoms with E-state index in [0.29, 0.717) is 24.5 Å². The first-order valence-electron chi connectivity index (χ1n) is 9.62. The Morgan fingerprint density at radius 1 is 1.08 bits per heavy atom. The molecule has 3 heteroatoms. The van der Waals surface area contributed by atoms with Crippen molar-refractivity contribution in [3.63, 3.8) is 0 Å². The molecule has 3 rings (SSSR count). The summed E-state index contributed by atoms with van der Waals surface area (Å²) in [7, 11) is 0. The van der Waals surface area contributed by atoms with E-state index in [1.807, 2.05) is 18.2 Å². The van der Waals surface area contributed by atoms with E-state index in [0.717, 1.165) is 37.7 Å². The molecule has 0 spiro atoms. The van der Waals surface area contributed by atoms with E-state index in [9.17, 15) is 9.90 Å². The van der Waals surface area contributed by atoms with Crippen LogP contribution in [0, 0.1) is 0 Å². The van der Waals surface area contributed by atoms with Crippen LogP contribution in [-0.2, 0) is 17.6 Å². The summed E-state index contributed by atoms with van der Waals surface area (Å²) in [5, 5.41) is 9.41. The molecule has 1 aliphatic carbocycles. The summed E-state index contributed by atoms with van der Waals surface area (Å²) < 4.78 is 0. The van der Waals surface area contributed by atoms with Gasteiger partial charge in [0, 0.05) is 18.4 Å². The minimum absolute atomic E-state index is 0.0546. The number of hydrogen-bond acceptors (Lipinski definition) is 3. The average Bonchev–Trinajstić information content (AvgIpc) is 3.06. The molecule has 0 aromatic heterocycles. The molecule has 26 heavy (non-hydrogen) atoms. The summed E-state index contributed by atoms with van der Waals surface area (Å²) in [4.78, 5) is 12.2. The van der Waals surface area contributed by atoms with Crippen LogP contribution in [0.25, 0.3) is 0 Å². The highest BCUT2D eigenvalue weighted by Crippen LogP contribution is 2.39. The number of hydrogen-bond donors (Lipinski definition) is 2. The molecule has 3 nitrogen and oxygen atoms in total. The molecule has 0 unspecified atom stereocenters. The molecule has 0 bridgehead atoms. The van der Waals surface area contributed by atoms with Crippen LogP contribution in [-0.4, -0.2) is 23.0 Å². The van der Waals surface area contributed by atoms with E-state index in [4.69, 9.17) is 5.73 Å². The Labute approximate surface area is 156 Å². The topological polar surface area (TPSA) is 63.3 Å². The highest BCUT2D eigenvalue weighted by molar-refractivity contribution is 5.80. The summed E-state index contributed by atoms with van der Waals surface area (Å²) in [6, 6.07) is 18.7. The number of aliphatic hydroxyl groups is 1. The first-order chi connectivity index (χ1) is 12.6. The van der Waals surface area contributed by atoms with Crippen molar-refractivity contribution in [2.75, 3.05) is 6.61 Å². The van der Waals surface area contributed by atoms with Gasteiger partial charge in [-0.15, -0.1) is 0 Å². The maximum atomic E-state index is 12.2. The highest BCUT2D eigenvalue weighted by Gasteiger charge is 2.35. The highest BCUT2D eigenvalue weighted by atomic mass is 16.3. The zero-order valence-corrected chi connectivity index (χ0v) is 15.4. The van der Waals surface area contributed by atoms with Gasteiger partial charge in [0.1, 0.15) is 5.78 Å². The smallest absolute Gasteiger partial charge is 0.137 e. The van der Waals surface area contributed by atoms with Gasteiger partial charge in [0.05, 0.1) is 6.61 Å². The molecule has 0 radical (unpaired) electrons. The Morgan fingerprint density at radius 3 is 2.46 bits per heavy atom. The van der Waals surface area contributed by atoms with E-state index in [-0.39, 0.29) is 6.61 Å². The molecule has 1 aliphatic rings. The van der Waals surface area contributed by atoms with Crippen LogP contribution in [0.3, 0.4) is 0 Å².